The van der Waals surface area contributed by atoms with Crippen LogP contribution in [0.25, 0.3) is 21.8 Å². The topological polar surface area (TPSA) is 52.2 Å². The Morgan fingerprint density at radius 1 is 1.13 bits per heavy atom. The molecule has 0 aliphatic rings. The first-order chi connectivity index (χ1) is 14.4. The fourth-order valence-corrected chi connectivity index (χ4v) is 4.03. The fourth-order valence-electron chi connectivity index (χ4n) is 3.67. The third kappa shape index (κ3) is 3.60. The normalized spacial score (nSPS) is 13.1. The van der Waals surface area contributed by atoms with Crippen LogP contribution in [0.5, 0.6) is 0 Å². The first-order valence-corrected chi connectivity index (χ1v) is 11.1. The zero-order chi connectivity index (χ0) is 21.4. The molecule has 0 unspecified atom stereocenters. The van der Waals surface area contributed by atoms with E-state index in [-0.39, 0.29) is 11.5 Å². The minimum Gasteiger partial charge on any atom is -0.344 e. The van der Waals surface area contributed by atoms with Crippen molar-refractivity contribution < 1.29 is 0 Å². The first-order valence-electron chi connectivity index (χ1n) is 10.3. The van der Waals surface area contributed by atoms with E-state index in [4.69, 9.17) is 4.98 Å². The highest BCUT2D eigenvalue weighted by Crippen LogP contribution is 2.25. The van der Waals surface area contributed by atoms with E-state index in [1.165, 1.54) is 10.2 Å². The van der Waals surface area contributed by atoms with Gasteiger partial charge in [-0.2, -0.15) is 9.78 Å². The minimum absolute atomic E-state index is 0.0596. The van der Waals surface area contributed by atoms with Crippen molar-refractivity contribution >= 4 is 44.0 Å². The Hall–Kier alpha value is -2.73. The molecule has 2 heterocycles. The predicted molar refractivity (Wildman–Crippen MR) is 128 cm³/mol. The van der Waals surface area contributed by atoms with Crippen LogP contribution in [0.1, 0.15) is 57.5 Å². The molecule has 1 atom stereocenters. The summed E-state index contributed by atoms with van der Waals surface area (Å²) >= 11 is 3.45. The summed E-state index contributed by atoms with van der Waals surface area (Å²) in [6, 6.07) is 14.2. The van der Waals surface area contributed by atoms with E-state index in [0.29, 0.717) is 22.8 Å². The number of hydrogen-bond donors (Lipinski definition) is 0. The van der Waals surface area contributed by atoms with Crippen molar-refractivity contribution in [1.29, 1.82) is 0 Å². The van der Waals surface area contributed by atoms with Gasteiger partial charge >= 0.3 is 0 Å². The average molecular weight is 465 g/mol. The average Bonchev–Trinajstić information content (AvgIpc) is 3.11. The van der Waals surface area contributed by atoms with Crippen molar-refractivity contribution in [2.24, 2.45) is 5.10 Å². The van der Waals surface area contributed by atoms with Crippen LogP contribution in [0.15, 0.2) is 63.0 Å². The molecule has 0 fully saturated rings. The maximum Gasteiger partial charge on any atom is 0.282 e. The molecule has 0 spiro atoms. The number of fused-ring (bicyclic) bond motifs is 2. The summed E-state index contributed by atoms with van der Waals surface area (Å²) in [4.78, 5) is 18.0. The quantitative estimate of drug-likeness (QED) is 0.335. The van der Waals surface area contributed by atoms with Crippen molar-refractivity contribution in [3.63, 3.8) is 0 Å². The molecular formula is C24H25BrN4O. The highest BCUT2D eigenvalue weighted by atomic mass is 79.9. The van der Waals surface area contributed by atoms with Crippen LogP contribution in [-0.4, -0.2) is 20.4 Å². The van der Waals surface area contributed by atoms with Gasteiger partial charge in [0.25, 0.3) is 5.56 Å². The van der Waals surface area contributed by atoms with Crippen LogP contribution in [0.4, 0.5) is 0 Å². The standard InChI is InChI=1S/C24H25BrN4O/c1-5-16(4)28-14-17(19-8-6-7-9-22(19)28)13-26-29-23(15(2)3)27-21-11-10-18(25)12-20(21)24(29)30/h6-16H,5H2,1-4H3/t16-/m1/s1. The molecule has 0 saturated carbocycles. The second-order valence-electron chi connectivity index (χ2n) is 7.91. The van der Waals surface area contributed by atoms with Gasteiger partial charge in [-0.05, 0) is 37.6 Å². The number of para-hydroxylation sites is 1. The summed E-state index contributed by atoms with van der Waals surface area (Å²) in [6.45, 7) is 8.43. The van der Waals surface area contributed by atoms with Gasteiger partial charge in [-0.15, -0.1) is 0 Å². The molecule has 0 amide bonds. The van der Waals surface area contributed by atoms with Crippen LogP contribution in [-0.2, 0) is 0 Å². The van der Waals surface area contributed by atoms with Gasteiger partial charge in [0.05, 0.1) is 17.1 Å². The van der Waals surface area contributed by atoms with Crippen molar-refractivity contribution in [2.75, 3.05) is 0 Å². The molecular weight excluding hydrogens is 440 g/mol. The SMILES string of the molecule is CC[C@@H](C)n1cc(C=Nn2c(C(C)C)nc3ccc(Br)cc3c2=O)c2ccccc21. The van der Waals surface area contributed by atoms with Gasteiger partial charge in [0, 0.05) is 39.1 Å². The lowest BCUT2D eigenvalue weighted by molar-refractivity contribution is 0.548. The number of nitrogens with zero attached hydrogens (tertiary/aromatic N) is 4. The molecule has 2 aromatic carbocycles. The molecule has 6 heteroatoms. The summed E-state index contributed by atoms with van der Waals surface area (Å²) in [5.74, 6) is 0.709. The van der Waals surface area contributed by atoms with Crippen LogP contribution >= 0.6 is 15.9 Å². The Labute approximate surface area is 184 Å². The predicted octanol–water partition coefficient (Wildman–Crippen LogP) is 6.09. The van der Waals surface area contributed by atoms with E-state index in [1.54, 1.807) is 12.3 Å². The van der Waals surface area contributed by atoms with E-state index >= 15 is 0 Å². The molecule has 30 heavy (non-hydrogen) atoms. The number of rotatable bonds is 5. The van der Waals surface area contributed by atoms with Gasteiger partial charge in [0.2, 0.25) is 0 Å². The Balaban J connectivity index is 1.90. The molecule has 154 valence electrons. The number of aromatic nitrogens is 3. The molecule has 4 rings (SSSR count). The van der Waals surface area contributed by atoms with E-state index in [2.05, 4.69) is 63.8 Å². The van der Waals surface area contributed by atoms with Crippen molar-refractivity contribution in [2.45, 2.75) is 46.1 Å². The monoisotopic (exact) mass is 464 g/mol. The molecule has 0 radical (unpaired) electrons. The Bertz CT molecular complexity index is 1320. The molecule has 0 bridgehead atoms. The van der Waals surface area contributed by atoms with Crippen molar-refractivity contribution in [3.05, 3.63) is 74.9 Å². The zero-order valence-corrected chi connectivity index (χ0v) is 19.2. The van der Waals surface area contributed by atoms with Crippen LogP contribution in [0.2, 0.25) is 0 Å². The molecule has 0 N–H and O–H groups in total. The van der Waals surface area contributed by atoms with Gasteiger partial charge in [0.1, 0.15) is 5.82 Å². The summed E-state index contributed by atoms with van der Waals surface area (Å²) < 4.78 is 4.56. The van der Waals surface area contributed by atoms with E-state index < -0.39 is 0 Å². The van der Waals surface area contributed by atoms with Crippen molar-refractivity contribution in [1.82, 2.24) is 14.2 Å². The largest absolute Gasteiger partial charge is 0.344 e. The van der Waals surface area contributed by atoms with E-state index in [1.807, 2.05) is 32.0 Å². The molecule has 0 aliphatic carbocycles. The van der Waals surface area contributed by atoms with Gasteiger partial charge in [0.15, 0.2) is 0 Å². The molecule has 4 aromatic rings. The van der Waals surface area contributed by atoms with E-state index in [0.717, 1.165) is 21.8 Å². The Kier molecular flexibility index (Phi) is 5.60. The van der Waals surface area contributed by atoms with Gasteiger partial charge in [-0.1, -0.05) is 54.9 Å². The number of benzene rings is 2. The summed E-state index contributed by atoms with van der Waals surface area (Å²) in [5.41, 5.74) is 2.69. The second kappa shape index (κ2) is 8.19. The lowest BCUT2D eigenvalue weighted by Crippen LogP contribution is -2.23. The molecule has 2 aromatic heterocycles. The third-order valence-corrected chi connectivity index (χ3v) is 5.99. The highest BCUT2D eigenvalue weighted by molar-refractivity contribution is 9.10. The Morgan fingerprint density at radius 3 is 2.63 bits per heavy atom. The lowest BCUT2D eigenvalue weighted by atomic mass is 10.2. The third-order valence-electron chi connectivity index (χ3n) is 5.50. The maximum absolute atomic E-state index is 13.2. The second-order valence-corrected chi connectivity index (χ2v) is 8.83. The van der Waals surface area contributed by atoms with Gasteiger partial charge in [-0.25, -0.2) is 4.98 Å². The van der Waals surface area contributed by atoms with Crippen LogP contribution in [0.3, 0.4) is 0 Å². The minimum atomic E-state index is -0.160. The molecule has 0 saturated heterocycles. The lowest BCUT2D eigenvalue weighted by Gasteiger charge is -2.12. The maximum atomic E-state index is 13.2. The van der Waals surface area contributed by atoms with Crippen LogP contribution < -0.4 is 5.56 Å². The number of hydrogen-bond acceptors (Lipinski definition) is 3. The number of halogens is 1. The van der Waals surface area contributed by atoms with Gasteiger partial charge < -0.3 is 4.57 Å². The molecule has 0 aliphatic heterocycles. The molecule has 5 nitrogen and oxygen atoms in total. The summed E-state index contributed by atoms with van der Waals surface area (Å²) in [5, 5.41) is 6.29. The van der Waals surface area contributed by atoms with Crippen LogP contribution in [0, 0.1) is 0 Å². The van der Waals surface area contributed by atoms with Crippen molar-refractivity contribution in [3.8, 4) is 0 Å². The van der Waals surface area contributed by atoms with Gasteiger partial charge in [-0.3, -0.25) is 4.79 Å². The fraction of sp³-hybridized carbons (Fsp3) is 0.292. The summed E-state index contributed by atoms with van der Waals surface area (Å²) in [6.07, 6.45) is 4.93. The Morgan fingerprint density at radius 2 is 1.90 bits per heavy atom. The smallest absolute Gasteiger partial charge is 0.282 e. The summed E-state index contributed by atoms with van der Waals surface area (Å²) in [7, 11) is 0. The highest BCUT2D eigenvalue weighted by Gasteiger charge is 2.15. The van der Waals surface area contributed by atoms with E-state index in [9.17, 15) is 4.79 Å². The first kappa shape index (κ1) is 20.5. The zero-order valence-electron chi connectivity index (χ0n) is 17.6.